The molecule has 9 nitrogen and oxygen atoms in total. The number of allylic oxidation sites excluding steroid dienone is 5. The third-order valence-electron chi connectivity index (χ3n) is 30.5. The maximum Gasteiger partial charge on any atom is 0.298 e. The Balaban J connectivity index is 0.000000174. The Morgan fingerprint density at radius 3 is 1.52 bits per heavy atom. The second-order valence-corrected chi connectivity index (χ2v) is 34.4. The summed E-state index contributed by atoms with van der Waals surface area (Å²) in [7, 11) is 0. The predicted molar refractivity (Wildman–Crippen MR) is 355 cm³/mol. The van der Waals surface area contributed by atoms with Gasteiger partial charge in [-0.1, -0.05) is 126 Å². The Bertz CT molecular complexity index is 3100. The number of likely N-dealkylation sites (tertiary alicyclic amines) is 1. The van der Waals surface area contributed by atoms with Crippen LogP contribution in [0.4, 0.5) is 0 Å². The van der Waals surface area contributed by atoms with Crippen molar-refractivity contribution in [3.8, 4) is 11.5 Å². The van der Waals surface area contributed by atoms with Gasteiger partial charge in [0.25, 0.3) is 12.9 Å². The van der Waals surface area contributed by atoms with E-state index in [0.717, 1.165) is 78.7 Å². The van der Waals surface area contributed by atoms with E-state index in [0.29, 0.717) is 77.4 Å². The normalized spacial score (nSPS) is 43.7. The lowest BCUT2D eigenvalue weighted by Gasteiger charge is -2.72. The number of benzene rings is 2. The minimum atomic E-state index is -0.380. The highest BCUT2D eigenvalue weighted by Gasteiger charge is 2.74. The molecule has 0 spiro atoms. The highest BCUT2D eigenvalue weighted by Crippen LogP contribution is 2.78. The van der Waals surface area contributed by atoms with Crippen molar-refractivity contribution < 1.29 is 28.7 Å². The Hall–Kier alpha value is -4.18. The van der Waals surface area contributed by atoms with Crippen molar-refractivity contribution in [1.82, 2.24) is 10.2 Å². The first-order valence-corrected chi connectivity index (χ1v) is 35.4. The molecule has 480 valence electrons. The Kier molecular flexibility index (Phi) is 16.4. The van der Waals surface area contributed by atoms with Crippen LogP contribution in [0.1, 0.15) is 223 Å². The molecule has 0 radical (unpaired) electrons. The van der Waals surface area contributed by atoms with Crippen molar-refractivity contribution in [3.05, 3.63) is 84.0 Å². The zero-order chi connectivity index (χ0) is 63.0. The van der Waals surface area contributed by atoms with Crippen LogP contribution in [0.15, 0.2) is 72.8 Å². The van der Waals surface area contributed by atoms with Gasteiger partial charge < -0.3 is 25.4 Å². The maximum atomic E-state index is 14.7. The number of carbonyl (C=O) groups excluding carboxylic acids is 4. The average molecular weight is 1200 g/mol. The van der Waals surface area contributed by atoms with E-state index in [-0.39, 0.29) is 60.3 Å². The van der Waals surface area contributed by atoms with Gasteiger partial charge in [0.05, 0.1) is 0 Å². The number of hydrogen-bond acceptors (Lipinski definition) is 9. The van der Waals surface area contributed by atoms with Crippen molar-refractivity contribution in [2.45, 2.75) is 223 Å². The van der Waals surface area contributed by atoms with Crippen LogP contribution in [0.3, 0.4) is 0 Å². The number of ether oxygens (including phenoxy) is 2. The summed E-state index contributed by atoms with van der Waals surface area (Å²) in [4.78, 5) is 53.5. The molecule has 1 heterocycles. The molecule has 11 aliphatic rings. The molecule has 8 saturated carbocycles. The summed E-state index contributed by atoms with van der Waals surface area (Å²) in [6.45, 7) is 42.1. The molecule has 9 heteroatoms. The van der Waals surface area contributed by atoms with Gasteiger partial charge in [0.2, 0.25) is 0 Å². The second-order valence-electron chi connectivity index (χ2n) is 34.4. The lowest BCUT2D eigenvalue weighted by Crippen LogP contribution is -2.69. The molecular formula is C79H113N3O6. The van der Waals surface area contributed by atoms with Gasteiger partial charge in [-0.3, -0.25) is 19.2 Å². The standard InChI is InChI=1S/C43H64N2O3.C36H49NO3/c1-29(2)32-17-20-43(44-23-26-45-24-9-8-10-25-45)22-21-40(5)33(38(32)43)15-16-36-41(40,6)19-18-35-39(3,4)34(27-37(47)42(35,36)7)30-11-13-31(14-12-30)48-28-46;1-22(2)25-14-17-36(37)19-18-33(5)26(31(25)36)12-13-29-34(33,6)16-15-28-32(3,4)27(20-30(39)35(28,29)7)23-8-10-24(11-9-23)40-21-38/h11-14,27-29,32-33,35-36,38,44H,8-10,15-26H2,1-7H3;8-11,20-21,25-26,28-29,31H,1,12-19,37H2,2-7H3/t32-,33+,35-,36-,38+,40+,41+,42-,43-;25-,26+,28-,29-,31+,33+,34+,35-,36-/m00/s1. The first-order valence-electron chi connectivity index (χ1n) is 35.4. The quantitative estimate of drug-likeness (QED) is 0.158. The van der Waals surface area contributed by atoms with E-state index in [1.54, 1.807) is 0 Å². The van der Waals surface area contributed by atoms with Gasteiger partial charge in [-0.05, 0) is 292 Å². The smallest absolute Gasteiger partial charge is 0.298 e. The van der Waals surface area contributed by atoms with Gasteiger partial charge in [-0.2, -0.15) is 0 Å². The van der Waals surface area contributed by atoms with Crippen LogP contribution >= 0.6 is 0 Å². The molecule has 10 aliphatic carbocycles. The molecule has 3 N–H and O–H groups in total. The van der Waals surface area contributed by atoms with Gasteiger partial charge in [0.15, 0.2) is 11.6 Å². The zero-order valence-electron chi connectivity index (χ0n) is 56.7. The highest BCUT2D eigenvalue weighted by molar-refractivity contribution is 6.05. The molecule has 13 rings (SSSR count). The molecule has 1 saturated heterocycles. The fourth-order valence-electron chi connectivity index (χ4n) is 25.7. The molecule has 2 aromatic rings. The summed E-state index contributed by atoms with van der Waals surface area (Å²) in [5, 5.41) is 4.34. The predicted octanol–water partition coefficient (Wildman–Crippen LogP) is 16.7. The van der Waals surface area contributed by atoms with Gasteiger partial charge in [-0.15, -0.1) is 0 Å². The molecular weight excluding hydrogens is 1090 g/mol. The summed E-state index contributed by atoms with van der Waals surface area (Å²) in [5.41, 5.74) is 12.8. The number of nitrogens with two attached hydrogens (primary N) is 1. The van der Waals surface area contributed by atoms with Crippen LogP contribution in [0.2, 0.25) is 0 Å². The molecule has 88 heavy (non-hydrogen) atoms. The van der Waals surface area contributed by atoms with Crippen LogP contribution in [-0.2, 0) is 19.2 Å². The van der Waals surface area contributed by atoms with E-state index in [1.165, 1.54) is 115 Å². The summed E-state index contributed by atoms with van der Waals surface area (Å²) in [6.07, 6.45) is 27.3. The number of nitrogens with zero attached hydrogens (tertiary/aromatic N) is 1. The van der Waals surface area contributed by atoms with Gasteiger partial charge >= 0.3 is 0 Å². The minimum absolute atomic E-state index is 0.0509. The molecule has 0 aromatic heterocycles. The lowest BCUT2D eigenvalue weighted by molar-refractivity contribution is -0.218. The van der Waals surface area contributed by atoms with E-state index in [1.807, 2.05) is 60.7 Å². The summed E-state index contributed by atoms with van der Waals surface area (Å²) in [5.74, 6) is 7.65. The van der Waals surface area contributed by atoms with Crippen LogP contribution < -0.4 is 20.5 Å². The first-order chi connectivity index (χ1) is 41.6. The SMILES string of the molecule is C=C(C)[C@@H]1CC[C@]2(N)CC[C@]3(C)[C@H](CC[C@@H]4[C@@]5(C)C(=O)C=C(c6ccc(OC=O)cc6)C(C)(C)[C@@H]5CC[C@]43C)[C@@H]12.CC(C)[C@@H]1CC[C@]2(NCCN3CCCCC3)CC[C@]3(C)[C@H](CC[C@@H]4[C@@]5(C)C(=O)C=C(c6ccc(OC=O)cc6)C(C)(C)[C@@H]5CC[C@]43C)[C@@H]12. The van der Waals surface area contributed by atoms with Crippen molar-refractivity contribution in [3.63, 3.8) is 0 Å². The fraction of sp³-hybridized carbons (Fsp3) is 0.722. The number of carbonyl (C=O) groups is 4. The van der Waals surface area contributed by atoms with Crippen molar-refractivity contribution in [2.75, 3.05) is 26.2 Å². The van der Waals surface area contributed by atoms with E-state index >= 15 is 0 Å². The Labute approximate surface area is 530 Å². The maximum absolute atomic E-state index is 14.7. The van der Waals surface area contributed by atoms with Crippen LogP contribution in [0, 0.1) is 108 Å². The summed E-state index contributed by atoms with van der Waals surface area (Å²) < 4.78 is 10.1. The number of nitrogens with one attached hydrogen (secondary N) is 1. The second kappa shape index (κ2) is 22.5. The molecule has 0 amide bonds. The van der Waals surface area contributed by atoms with Gasteiger partial charge in [0, 0.05) is 35.0 Å². The highest BCUT2D eigenvalue weighted by atomic mass is 16.5. The zero-order valence-corrected chi connectivity index (χ0v) is 56.7. The van der Waals surface area contributed by atoms with Gasteiger partial charge in [-0.25, -0.2) is 0 Å². The van der Waals surface area contributed by atoms with E-state index in [2.05, 4.69) is 107 Å². The van der Waals surface area contributed by atoms with Crippen LogP contribution in [0.5, 0.6) is 11.5 Å². The Morgan fingerprint density at radius 1 is 0.580 bits per heavy atom. The molecule has 0 bridgehead atoms. The van der Waals surface area contributed by atoms with E-state index in [4.69, 9.17) is 15.2 Å². The minimum Gasteiger partial charge on any atom is -0.429 e. The van der Waals surface area contributed by atoms with Crippen molar-refractivity contribution in [1.29, 1.82) is 0 Å². The number of ketones is 2. The van der Waals surface area contributed by atoms with Crippen LogP contribution in [-0.4, -0.2) is 66.7 Å². The monoisotopic (exact) mass is 1200 g/mol. The lowest BCUT2D eigenvalue weighted by atomic mass is 9.32. The fourth-order valence-corrected chi connectivity index (χ4v) is 25.7. The third-order valence-corrected chi connectivity index (χ3v) is 30.5. The average Bonchev–Trinajstić information content (AvgIpc) is 0.945. The molecule has 2 aromatic carbocycles. The number of rotatable bonds is 12. The van der Waals surface area contributed by atoms with Crippen molar-refractivity contribution >= 4 is 35.7 Å². The van der Waals surface area contributed by atoms with Gasteiger partial charge in [0.1, 0.15) is 11.5 Å². The topological polar surface area (TPSA) is 128 Å². The molecule has 0 unspecified atom stereocenters. The Morgan fingerprint density at radius 2 is 1.06 bits per heavy atom. The molecule has 18 atom stereocenters. The van der Waals surface area contributed by atoms with E-state index < -0.39 is 0 Å². The molecule has 1 aliphatic heterocycles. The summed E-state index contributed by atoms with van der Waals surface area (Å²) >= 11 is 0. The number of piperidine rings is 1. The largest absolute Gasteiger partial charge is 0.429 e. The summed E-state index contributed by atoms with van der Waals surface area (Å²) in [6, 6.07) is 15.3. The van der Waals surface area contributed by atoms with E-state index in [9.17, 15) is 19.2 Å². The van der Waals surface area contributed by atoms with Crippen molar-refractivity contribution in [2.24, 2.45) is 114 Å². The third kappa shape index (κ3) is 9.37. The molecule has 9 fully saturated rings. The van der Waals surface area contributed by atoms with Crippen LogP contribution in [0.25, 0.3) is 11.1 Å². The first kappa shape index (κ1) is 63.9. The number of fused-ring (bicyclic) bond motifs is 14. The number of hydrogen-bond donors (Lipinski definition) is 2.